The Bertz CT molecular complexity index is 481. The molecule has 1 aliphatic carbocycles. The van der Waals surface area contributed by atoms with Gasteiger partial charge in [0.2, 0.25) is 0 Å². The number of carbonyl (C=O) groups excluding carboxylic acids is 1. The molecule has 4 heteroatoms. The van der Waals surface area contributed by atoms with Crippen LogP contribution in [0.5, 0.6) is 0 Å². The molecule has 1 atom stereocenters. The van der Waals surface area contributed by atoms with E-state index in [1.165, 1.54) is 25.3 Å². The molecular formula is C13H13FO3. The molecule has 17 heavy (non-hydrogen) atoms. The van der Waals surface area contributed by atoms with Crippen LogP contribution in [0.1, 0.15) is 18.9 Å². The van der Waals surface area contributed by atoms with E-state index in [-0.39, 0.29) is 12.4 Å². The van der Waals surface area contributed by atoms with Gasteiger partial charge in [-0.15, -0.1) is 0 Å². The molecule has 1 aliphatic rings. The highest BCUT2D eigenvalue weighted by Gasteiger charge is 2.50. The zero-order valence-electron chi connectivity index (χ0n) is 9.44. The van der Waals surface area contributed by atoms with Gasteiger partial charge in [0.1, 0.15) is 5.82 Å². The number of ether oxygens (including phenoxy) is 1. The average Bonchev–Trinajstić information content (AvgIpc) is 3.01. The first-order valence-electron chi connectivity index (χ1n) is 5.32. The Morgan fingerprint density at radius 2 is 2.41 bits per heavy atom. The van der Waals surface area contributed by atoms with Gasteiger partial charge in [-0.25, -0.2) is 4.39 Å². The monoisotopic (exact) mass is 236 g/mol. The van der Waals surface area contributed by atoms with E-state index in [0.29, 0.717) is 12.0 Å². The maximum atomic E-state index is 13.1. The van der Waals surface area contributed by atoms with Crippen molar-refractivity contribution in [1.29, 1.82) is 0 Å². The van der Waals surface area contributed by atoms with Crippen molar-refractivity contribution in [2.24, 2.45) is 0 Å². The summed E-state index contributed by atoms with van der Waals surface area (Å²) in [6.45, 7) is 1.19. The van der Waals surface area contributed by atoms with Crippen LogP contribution >= 0.6 is 0 Å². The van der Waals surface area contributed by atoms with E-state index < -0.39 is 11.4 Å². The van der Waals surface area contributed by atoms with Crippen LogP contribution in [0.3, 0.4) is 0 Å². The van der Waals surface area contributed by atoms with Crippen molar-refractivity contribution in [3.8, 4) is 0 Å². The zero-order chi connectivity index (χ0) is 12.5. The molecule has 0 aromatic heterocycles. The summed E-state index contributed by atoms with van der Waals surface area (Å²) < 4.78 is 17.9. The highest BCUT2D eigenvalue weighted by atomic mass is 19.1. The first-order chi connectivity index (χ1) is 8.08. The number of hydrogen-bond donors (Lipinski definition) is 1. The van der Waals surface area contributed by atoms with Crippen LogP contribution in [0.4, 0.5) is 4.39 Å². The van der Waals surface area contributed by atoms with E-state index >= 15 is 0 Å². The lowest BCUT2D eigenvalue weighted by Gasteiger charge is -2.11. The van der Waals surface area contributed by atoms with E-state index in [0.717, 1.165) is 5.57 Å². The second-order valence-corrected chi connectivity index (χ2v) is 4.18. The number of rotatable bonds is 3. The molecule has 0 spiro atoms. The molecule has 1 saturated carbocycles. The molecule has 2 rings (SSSR count). The van der Waals surface area contributed by atoms with Crippen LogP contribution in [0.15, 0.2) is 36.1 Å². The van der Waals surface area contributed by atoms with Gasteiger partial charge in [-0.05, 0) is 29.7 Å². The summed E-state index contributed by atoms with van der Waals surface area (Å²) in [5.74, 6) is -0.746. The van der Waals surface area contributed by atoms with Crippen molar-refractivity contribution in [2.45, 2.75) is 18.8 Å². The fraction of sp³-hybridized carbons (Fsp3) is 0.308. The topological polar surface area (TPSA) is 46.5 Å². The van der Waals surface area contributed by atoms with Crippen LogP contribution in [-0.2, 0) is 14.9 Å². The molecular weight excluding hydrogens is 223 g/mol. The van der Waals surface area contributed by atoms with Crippen molar-refractivity contribution >= 4 is 5.97 Å². The van der Waals surface area contributed by atoms with Gasteiger partial charge in [-0.2, -0.15) is 0 Å². The Balaban J connectivity index is 2.24. The van der Waals surface area contributed by atoms with E-state index in [1.54, 1.807) is 12.1 Å². The zero-order valence-corrected chi connectivity index (χ0v) is 9.44. The Morgan fingerprint density at radius 1 is 1.65 bits per heavy atom. The minimum Gasteiger partial charge on any atom is -0.435 e. The second-order valence-electron chi connectivity index (χ2n) is 4.18. The number of esters is 1. The molecule has 0 saturated heterocycles. The number of carbonyl (C=O) groups is 1. The molecule has 1 aromatic carbocycles. The molecule has 1 N–H and O–H groups in total. The van der Waals surface area contributed by atoms with Crippen molar-refractivity contribution in [2.75, 3.05) is 6.61 Å². The first kappa shape index (κ1) is 11.8. The first-order valence-corrected chi connectivity index (χ1v) is 5.32. The summed E-state index contributed by atoms with van der Waals surface area (Å²) in [5.41, 5.74) is 0.941. The number of aliphatic hydroxyl groups excluding tert-OH is 1. The average molecular weight is 236 g/mol. The lowest BCUT2D eigenvalue weighted by molar-refractivity contribution is -0.135. The summed E-state index contributed by atoms with van der Waals surface area (Å²) in [6.07, 6.45) is 1.93. The van der Waals surface area contributed by atoms with Crippen LogP contribution in [0.2, 0.25) is 0 Å². The van der Waals surface area contributed by atoms with Crippen LogP contribution in [0.25, 0.3) is 0 Å². The third-order valence-corrected chi connectivity index (χ3v) is 3.00. The Hall–Kier alpha value is -1.68. The smallest absolute Gasteiger partial charge is 0.307 e. The molecule has 0 bridgehead atoms. The van der Waals surface area contributed by atoms with Crippen LogP contribution < -0.4 is 0 Å². The summed E-state index contributed by atoms with van der Waals surface area (Å²) in [4.78, 5) is 10.7. The van der Waals surface area contributed by atoms with Gasteiger partial charge in [0.05, 0.1) is 12.9 Å². The molecule has 0 amide bonds. The Morgan fingerprint density at radius 3 is 3.00 bits per heavy atom. The van der Waals surface area contributed by atoms with Crippen molar-refractivity contribution < 1.29 is 19.0 Å². The van der Waals surface area contributed by atoms with Gasteiger partial charge in [-0.3, -0.25) is 4.79 Å². The molecule has 0 radical (unpaired) electrons. The summed E-state index contributed by atoms with van der Waals surface area (Å²) >= 11 is 0. The molecule has 1 fully saturated rings. The lowest BCUT2D eigenvalue weighted by Crippen LogP contribution is -2.13. The molecule has 0 aliphatic heterocycles. The van der Waals surface area contributed by atoms with Gasteiger partial charge >= 0.3 is 5.97 Å². The van der Waals surface area contributed by atoms with Gasteiger partial charge in [0.25, 0.3) is 0 Å². The van der Waals surface area contributed by atoms with Gasteiger partial charge in [0.15, 0.2) is 0 Å². The normalized spacial score (nSPS) is 24.8. The third kappa shape index (κ3) is 2.22. The number of halogens is 1. The predicted octanol–water partition coefficient (Wildman–Crippen LogP) is 1.91. The molecule has 0 unspecified atom stereocenters. The fourth-order valence-electron chi connectivity index (χ4n) is 1.91. The molecule has 3 nitrogen and oxygen atoms in total. The van der Waals surface area contributed by atoms with Gasteiger partial charge in [-0.1, -0.05) is 12.1 Å². The van der Waals surface area contributed by atoms with Crippen molar-refractivity contribution in [3.05, 3.63) is 47.5 Å². The van der Waals surface area contributed by atoms with E-state index in [9.17, 15) is 14.3 Å². The number of benzene rings is 1. The second kappa shape index (κ2) is 4.30. The molecule has 90 valence electrons. The highest BCUT2D eigenvalue weighted by molar-refractivity contribution is 5.67. The van der Waals surface area contributed by atoms with Crippen LogP contribution in [-0.4, -0.2) is 17.7 Å². The minimum absolute atomic E-state index is 0.121. The minimum atomic E-state index is -0.572. The summed E-state index contributed by atoms with van der Waals surface area (Å²) in [6, 6.07) is 6.11. The molecule has 1 aromatic rings. The van der Waals surface area contributed by atoms with Crippen molar-refractivity contribution in [3.63, 3.8) is 0 Å². The Labute approximate surface area is 98.5 Å². The number of aliphatic hydroxyl groups is 1. The maximum Gasteiger partial charge on any atom is 0.307 e. The SMILES string of the molecule is CC(=O)O/C=C1\C[C@@]1(CO)c1cccc(F)c1. The third-order valence-electron chi connectivity index (χ3n) is 3.00. The predicted molar refractivity (Wildman–Crippen MR) is 59.6 cm³/mol. The quantitative estimate of drug-likeness (QED) is 0.644. The maximum absolute atomic E-state index is 13.1. The Kier molecular flexibility index (Phi) is 2.98. The highest BCUT2D eigenvalue weighted by Crippen LogP contribution is 2.53. The van der Waals surface area contributed by atoms with Crippen molar-refractivity contribution in [1.82, 2.24) is 0 Å². The lowest BCUT2D eigenvalue weighted by atomic mass is 9.96. The summed E-state index contributed by atoms with van der Waals surface area (Å²) in [7, 11) is 0. The number of hydrogen-bond acceptors (Lipinski definition) is 3. The van der Waals surface area contributed by atoms with Gasteiger partial charge < -0.3 is 9.84 Å². The van der Waals surface area contributed by atoms with Crippen LogP contribution in [0, 0.1) is 5.82 Å². The van der Waals surface area contributed by atoms with E-state index in [4.69, 9.17) is 4.74 Å². The van der Waals surface area contributed by atoms with E-state index in [1.807, 2.05) is 0 Å². The van der Waals surface area contributed by atoms with E-state index in [2.05, 4.69) is 0 Å². The standard InChI is InChI=1S/C13H13FO3/c1-9(16)17-7-11-6-13(11,8-15)10-3-2-4-12(14)5-10/h2-5,7,15H,6,8H2,1H3/b11-7+/t13-/m1/s1. The van der Waals surface area contributed by atoms with Gasteiger partial charge in [0, 0.05) is 12.3 Å². The summed E-state index contributed by atoms with van der Waals surface area (Å²) in [5, 5.41) is 9.43. The molecule has 0 heterocycles. The largest absolute Gasteiger partial charge is 0.435 e. The fourth-order valence-corrected chi connectivity index (χ4v) is 1.91.